The Kier molecular flexibility index (Phi) is 3.45. The zero-order valence-electron chi connectivity index (χ0n) is 10.7. The number of oxazole rings is 1. The molecule has 18 heavy (non-hydrogen) atoms. The van der Waals surface area contributed by atoms with E-state index < -0.39 is 0 Å². The van der Waals surface area contributed by atoms with Gasteiger partial charge in [-0.3, -0.25) is 4.79 Å². The molecular weight excluding hydrogens is 232 g/mol. The Morgan fingerprint density at radius 3 is 2.83 bits per heavy atom. The molecule has 1 amide bonds. The fourth-order valence-electron chi connectivity index (χ4n) is 1.80. The van der Waals surface area contributed by atoms with E-state index in [1.54, 1.807) is 26.2 Å². The molecular formula is C12H16N4O2. The topological polar surface area (TPSA) is 83.8 Å². The maximum absolute atomic E-state index is 12.1. The van der Waals surface area contributed by atoms with Gasteiger partial charge in [-0.05, 0) is 13.3 Å². The van der Waals surface area contributed by atoms with Crippen molar-refractivity contribution in [3.63, 3.8) is 0 Å². The van der Waals surface area contributed by atoms with Crippen molar-refractivity contribution in [3.05, 3.63) is 35.6 Å². The van der Waals surface area contributed by atoms with Crippen molar-refractivity contribution in [3.8, 4) is 0 Å². The van der Waals surface area contributed by atoms with Gasteiger partial charge in [0.25, 0.3) is 5.91 Å². The van der Waals surface area contributed by atoms with Crippen LogP contribution in [0.5, 0.6) is 0 Å². The molecule has 0 saturated heterocycles. The standard InChI is InChI=1S/C12H16N4O2/c1-4-9(11-13-5-6-14-11)16-12(17)10-7(2)15-8(3)18-10/h5-6,9H,4H2,1-3H3,(H,13,14)(H,16,17). The third kappa shape index (κ3) is 2.42. The maximum atomic E-state index is 12.1. The van der Waals surface area contributed by atoms with E-state index >= 15 is 0 Å². The lowest BCUT2D eigenvalue weighted by Crippen LogP contribution is -2.29. The van der Waals surface area contributed by atoms with Crippen LogP contribution in [0.15, 0.2) is 16.8 Å². The Balaban J connectivity index is 2.13. The van der Waals surface area contributed by atoms with Crippen molar-refractivity contribution in [2.24, 2.45) is 0 Å². The van der Waals surface area contributed by atoms with Crippen LogP contribution in [0.3, 0.4) is 0 Å². The third-order valence-corrected chi connectivity index (χ3v) is 2.67. The molecule has 2 N–H and O–H groups in total. The molecule has 0 aliphatic rings. The largest absolute Gasteiger partial charge is 0.436 e. The number of carbonyl (C=O) groups excluding carboxylic acids is 1. The highest BCUT2D eigenvalue weighted by Gasteiger charge is 2.20. The van der Waals surface area contributed by atoms with Crippen molar-refractivity contribution in [2.75, 3.05) is 0 Å². The Morgan fingerprint density at radius 2 is 2.33 bits per heavy atom. The molecule has 2 aromatic rings. The number of amides is 1. The van der Waals surface area contributed by atoms with Crippen molar-refractivity contribution >= 4 is 5.91 Å². The highest BCUT2D eigenvalue weighted by atomic mass is 16.4. The average molecular weight is 248 g/mol. The van der Waals surface area contributed by atoms with Crippen molar-refractivity contribution in [2.45, 2.75) is 33.2 Å². The number of carbonyl (C=O) groups is 1. The van der Waals surface area contributed by atoms with Crippen LogP contribution in [0.25, 0.3) is 0 Å². The first-order chi connectivity index (χ1) is 8.61. The third-order valence-electron chi connectivity index (χ3n) is 2.67. The molecule has 0 aliphatic heterocycles. The highest BCUT2D eigenvalue weighted by Crippen LogP contribution is 2.15. The number of aryl methyl sites for hydroxylation is 2. The molecule has 6 nitrogen and oxygen atoms in total. The van der Waals surface area contributed by atoms with E-state index in [-0.39, 0.29) is 17.7 Å². The molecule has 0 saturated carbocycles. The number of nitrogens with one attached hydrogen (secondary N) is 2. The van der Waals surface area contributed by atoms with Crippen molar-refractivity contribution in [1.29, 1.82) is 0 Å². The Hall–Kier alpha value is -2.11. The van der Waals surface area contributed by atoms with Gasteiger partial charge in [0.2, 0.25) is 5.76 Å². The quantitative estimate of drug-likeness (QED) is 0.865. The van der Waals surface area contributed by atoms with Crippen molar-refractivity contribution < 1.29 is 9.21 Å². The van der Waals surface area contributed by atoms with Gasteiger partial charge in [0.15, 0.2) is 5.89 Å². The van der Waals surface area contributed by atoms with E-state index in [1.807, 2.05) is 6.92 Å². The van der Waals surface area contributed by atoms with Gasteiger partial charge in [0, 0.05) is 19.3 Å². The molecule has 0 spiro atoms. The van der Waals surface area contributed by atoms with E-state index in [4.69, 9.17) is 4.42 Å². The first kappa shape index (κ1) is 12.3. The van der Waals surface area contributed by atoms with Crippen LogP contribution in [-0.2, 0) is 0 Å². The molecule has 0 radical (unpaired) electrons. The van der Waals surface area contributed by atoms with Crippen LogP contribution in [0.1, 0.15) is 47.4 Å². The van der Waals surface area contributed by atoms with Gasteiger partial charge in [-0.1, -0.05) is 6.92 Å². The van der Waals surface area contributed by atoms with E-state index in [9.17, 15) is 4.79 Å². The zero-order chi connectivity index (χ0) is 13.1. The summed E-state index contributed by atoms with van der Waals surface area (Å²) in [6, 6.07) is -0.155. The number of aromatic amines is 1. The molecule has 96 valence electrons. The summed E-state index contributed by atoms with van der Waals surface area (Å²) in [7, 11) is 0. The van der Waals surface area contributed by atoms with Crippen LogP contribution in [0, 0.1) is 13.8 Å². The van der Waals surface area contributed by atoms with Gasteiger partial charge < -0.3 is 14.7 Å². The monoisotopic (exact) mass is 248 g/mol. The molecule has 0 bridgehead atoms. The number of hydrogen-bond acceptors (Lipinski definition) is 4. The van der Waals surface area contributed by atoms with E-state index in [0.717, 1.165) is 12.2 Å². The predicted molar refractivity (Wildman–Crippen MR) is 65.1 cm³/mol. The number of rotatable bonds is 4. The molecule has 2 heterocycles. The van der Waals surface area contributed by atoms with Crippen LogP contribution < -0.4 is 5.32 Å². The van der Waals surface area contributed by atoms with Gasteiger partial charge in [0.1, 0.15) is 5.82 Å². The number of aromatic nitrogens is 3. The number of imidazole rings is 1. The summed E-state index contributed by atoms with van der Waals surface area (Å²) >= 11 is 0. The van der Waals surface area contributed by atoms with Gasteiger partial charge in [-0.25, -0.2) is 9.97 Å². The molecule has 1 atom stereocenters. The van der Waals surface area contributed by atoms with Gasteiger partial charge in [0.05, 0.1) is 11.7 Å². The summed E-state index contributed by atoms with van der Waals surface area (Å²) in [5.74, 6) is 1.22. The Morgan fingerprint density at radius 1 is 1.56 bits per heavy atom. The summed E-state index contributed by atoms with van der Waals surface area (Å²) in [6.45, 7) is 5.44. The molecule has 6 heteroatoms. The normalized spacial score (nSPS) is 12.4. The minimum Gasteiger partial charge on any atom is -0.436 e. The summed E-state index contributed by atoms with van der Waals surface area (Å²) in [4.78, 5) is 23.3. The van der Waals surface area contributed by atoms with E-state index in [1.165, 1.54) is 0 Å². The van der Waals surface area contributed by atoms with Crippen LogP contribution in [-0.4, -0.2) is 20.9 Å². The minimum absolute atomic E-state index is 0.155. The van der Waals surface area contributed by atoms with Gasteiger partial charge in [-0.15, -0.1) is 0 Å². The number of hydrogen-bond donors (Lipinski definition) is 2. The Labute approximate surface area is 105 Å². The molecule has 2 rings (SSSR count). The first-order valence-corrected chi connectivity index (χ1v) is 5.86. The summed E-state index contributed by atoms with van der Waals surface area (Å²) in [5.41, 5.74) is 0.597. The van der Waals surface area contributed by atoms with Gasteiger partial charge in [-0.2, -0.15) is 0 Å². The number of nitrogens with zero attached hydrogens (tertiary/aromatic N) is 2. The predicted octanol–water partition coefficient (Wildman–Crippen LogP) is 1.90. The van der Waals surface area contributed by atoms with E-state index in [0.29, 0.717) is 11.6 Å². The minimum atomic E-state index is -0.267. The fourth-order valence-corrected chi connectivity index (χ4v) is 1.80. The second-order valence-electron chi connectivity index (χ2n) is 4.06. The smallest absolute Gasteiger partial charge is 0.289 e. The summed E-state index contributed by atoms with van der Waals surface area (Å²) < 4.78 is 5.29. The van der Waals surface area contributed by atoms with Crippen LogP contribution >= 0.6 is 0 Å². The SMILES string of the molecule is CCC(NC(=O)c1oc(C)nc1C)c1ncc[nH]1. The number of H-pyrrole nitrogens is 1. The van der Waals surface area contributed by atoms with Gasteiger partial charge >= 0.3 is 0 Å². The lowest BCUT2D eigenvalue weighted by molar-refractivity contribution is 0.0903. The van der Waals surface area contributed by atoms with Crippen LogP contribution in [0.4, 0.5) is 0 Å². The first-order valence-electron chi connectivity index (χ1n) is 5.86. The maximum Gasteiger partial charge on any atom is 0.289 e. The molecule has 1 unspecified atom stereocenters. The second-order valence-corrected chi connectivity index (χ2v) is 4.06. The molecule has 0 fully saturated rings. The lowest BCUT2D eigenvalue weighted by Gasteiger charge is -2.13. The second kappa shape index (κ2) is 5.03. The van der Waals surface area contributed by atoms with E-state index in [2.05, 4.69) is 20.3 Å². The fraction of sp³-hybridized carbons (Fsp3) is 0.417. The highest BCUT2D eigenvalue weighted by molar-refractivity contribution is 5.92. The summed E-state index contributed by atoms with van der Waals surface area (Å²) in [6.07, 6.45) is 4.13. The lowest BCUT2D eigenvalue weighted by atomic mass is 10.2. The average Bonchev–Trinajstić information content (AvgIpc) is 2.95. The Bertz CT molecular complexity index is 530. The van der Waals surface area contributed by atoms with Crippen LogP contribution in [0.2, 0.25) is 0 Å². The summed E-state index contributed by atoms with van der Waals surface area (Å²) in [5, 5.41) is 2.87. The molecule has 0 aromatic carbocycles. The zero-order valence-corrected chi connectivity index (χ0v) is 10.7. The van der Waals surface area contributed by atoms with Crippen molar-refractivity contribution in [1.82, 2.24) is 20.3 Å². The molecule has 0 aliphatic carbocycles. The molecule has 2 aromatic heterocycles.